The van der Waals surface area contributed by atoms with Gasteiger partial charge in [0.1, 0.15) is 5.75 Å². The average molecular weight is 229 g/mol. The van der Waals surface area contributed by atoms with E-state index in [9.17, 15) is 9.90 Å². The molecule has 1 aromatic rings. The van der Waals surface area contributed by atoms with Gasteiger partial charge in [-0.1, -0.05) is 11.6 Å². The van der Waals surface area contributed by atoms with Crippen molar-refractivity contribution in [3.05, 3.63) is 28.8 Å². The maximum atomic E-state index is 10.9. The van der Waals surface area contributed by atoms with E-state index < -0.39 is 11.4 Å². The Labute approximate surface area is 93.3 Å². The number of phenolic OH excluding ortho intramolecular Hbond substituents is 1. The fourth-order valence-electron chi connectivity index (χ4n) is 1.25. The molecule has 15 heavy (non-hydrogen) atoms. The first-order valence-electron chi connectivity index (χ1n) is 4.54. The molecular weight excluding hydrogens is 216 g/mol. The Balaban J connectivity index is 2.99. The van der Waals surface area contributed by atoms with E-state index in [-0.39, 0.29) is 12.2 Å². The number of aliphatic carboxylic acids is 1. The van der Waals surface area contributed by atoms with E-state index in [4.69, 9.17) is 16.7 Å². The first-order chi connectivity index (χ1) is 6.83. The summed E-state index contributed by atoms with van der Waals surface area (Å²) >= 11 is 5.77. The first-order valence-corrected chi connectivity index (χ1v) is 4.91. The van der Waals surface area contributed by atoms with Crippen LogP contribution in [-0.2, 0) is 11.2 Å². The van der Waals surface area contributed by atoms with Gasteiger partial charge in [-0.15, -0.1) is 0 Å². The van der Waals surface area contributed by atoms with Crippen LogP contribution >= 0.6 is 11.6 Å². The second-order valence-corrected chi connectivity index (χ2v) is 4.58. The topological polar surface area (TPSA) is 57.5 Å². The zero-order chi connectivity index (χ0) is 11.6. The van der Waals surface area contributed by atoms with E-state index >= 15 is 0 Å². The second kappa shape index (κ2) is 4.11. The number of benzene rings is 1. The lowest BCUT2D eigenvalue weighted by atomic mass is 9.85. The van der Waals surface area contributed by atoms with Crippen molar-refractivity contribution >= 4 is 17.6 Å². The molecule has 0 heterocycles. The first kappa shape index (κ1) is 11.9. The summed E-state index contributed by atoms with van der Waals surface area (Å²) in [6.45, 7) is 3.21. The second-order valence-electron chi connectivity index (χ2n) is 4.14. The quantitative estimate of drug-likeness (QED) is 0.836. The molecule has 0 spiro atoms. The van der Waals surface area contributed by atoms with Crippen LogP contribution in [0, 0.1) is 5.41 Å². The molecule has 0 aliphatic carbocycles. The number of hydrogen-bond acceptors (Lipinski definition) is 2. The number of carboxylic acids is 1. The minimum Gasteiger partial charge on any atom is -0.508 e. The van der Waals surface area contributed by atoms with Crippen LogP contribution in [0.4, 0.5) is 0 Å². The SMILES string of the molecule is CC(C)(Cc1cc(Cl)ccc1O)C(=O)O. The van der Waals surface area contributed by atoms with Gasteiger partial charge in [0, 0.05) is 5.02 Å². The Bertz CT molecular complexity index is 385. The van der Waals surface area contributed by atoms with Gasteiger partial charge in [-0.3, -0.25) is 4.79 Å². The van der Waals surface area contributed by atoms with Gasteiger partial charge in [-0.25, -0.2) is 0 Å². The number of halogens is 1. The monoisotopic (exact) mass is 228 g/mol. The zero-order valence-corrected chi connectivity index (χ0v) is 9.38. The van der Waals surface area contributed by atoms with Gasteiger partial charge in [-0.2, -0.15) is 0 Å². The van der Waals surface area contributed by atoms with Gasteiger partial charge >= 0.3 is 5.97 Å². The highest BCUT2D eigenvalue weighted by Crippen LogP contribution is 2.29. The highest BCUT2D eigenvalue weighted by atomic mass is 35.5. The van der Waals surface area contributed by atoms with Gasteiger partial charge in [0.2, 0.25) is 0 Å². The molecule has 0 aliphatic rings. The molecule has 0 atom stereocenters. The van der Waals surface area contributed by atoms with Crippen molar-refractivity contribution in [3.8, 4) is 5.75 Å². The van der Waals surface area contributed by atoms with Gasteiger partial charge in [0.25, 0.3) is 0 Å². The van der Waals surface area contributed by atoms with Crippen LogP contribution in [0.15, 0.2) is 18.2 Å². The van der Waals surface area contributed by atoms with E-state index in [0.717, 1.165) is 0 Å². The van der Waals surface area contributed by atoms with E-state index in [2.05, 4.69) is 0 Å². The summed E-state index contributed by atoms with van der Waals surface area (Å²) < 4.78 is 0. The lowest BCUT2D eigenvalue weighted by molar-refractivity contribution is -0.146. The predicted molar refractivity (Wildman–Crippen MR) is 58.2 cm³/mol. The molecule has 0 aliphatic heterocycles. The van der Waals surface area contributed by atoms with Crippen molar-refractivity contribution in [2.75, 3.05) is 0 Å². The average Bonchev–Trinajstić information content (AvgIpc) is 2.10. The molecule has 4 heteroatoms. The Morgan fingerprint density at radius 2 is 2.07 bits per heavy atom. The third kappa shape index (κ3) is 2.86. The van der Waals surface area contributed by atoms with Gasteiger partial charge in [0.05, 0.1) is 5.41 Å². The molecule has 0 bridgehead atoms. The summed E-state index contributed by atoms with van der Waals surface area (Å²) in [5.74, 6) is -0.824. The third-order valence-corrected chi connectivity index (χ3v) is 2.49. The normalized spacial score (nSPS) is 11.4. The fourth-order valence-corrected chi connectivity index (χ4v) is 1.44. The number of carbonyl (C=O) groups is 1. The molecule has 0 fully saturated rings. The molecule has 0 saturated heterocycles. The Morgan fingerprint density at radius 3 is 2.60 bits per heavy atom. The van der Waals surface area contributed by atoms with Gasteiger partial charge in [0.15, 0.2) is 0 Å². The fraction of sp³-hybridized carbons (Fsp3) is 0.364. The smallest absolute Gasteiger partial charge is 0.309 e. The molecular formula is C11H13ClO3. The molecule has 1 aromatic carbocycles. The molecule has 0 radical (unpaired) electrons. The van der Waals surface area contributed by atoms with Crippen molar-refractivity contribution in [2.45, 2.75) is 20.3 Å². The number of hydrogen-bond donors (Lipinski definition) is 2. The third-order valence-electron chi connectivity index (χ3n) is 2.25. The minimum absolute atomic E-state index is 0.0775. The summed E-state index contributed by atoms with van der Waals surface area (Å²) in [4.78, 5) is 10.9. The molecule has 0 amide bonds. The Kier molecular flexibility index (Phi) is 3.25. The number of carboxylic acid groups (broad SMARTS) is 1. The van der Waals surface area contributed by atoms with Crippen molar-refractivity contribution in [1.29, 1.82) is 0 Å². The summed E-state index contributed by atoms with van der Waals surface area (Å²) in [6.07, 6.45) is 0.245. The molecule has 0 saturated carbocycles. The lowest BCUT2D eigenvalue weighted by Gasteiger charge is -2.19. The van der Waals surface area contributed by atoms with E-state index in [1.54, 1.807) is 26.0 Å². The van der Waals surface area contributed by atoms with Crippen LogP contribution in [0.25, 0.3) is 0 Å². The Hall–Kier alpha value is -1.22. The molecule has 0 aromatic heterocycles. The Morgan fingerprint density at radius 1 is 1.47 bits per heavy atom. The van der Waals surface area contributed by atoms with E-state index in [1.165, 1.54) is 6.07 Å². The van der Waals surface area contributed by atoms with Crippen molar-refractivity contribution in [2.24, 2.45) is 5.41 Å². The van der Waals surface area contributed by atoms with Crippen LogP contribution in [0.2, 0.25) is 5.02 Å². The van der Waals surface area contributed by atoms with Crippen molar-refractivity contribution < 1.29 is 15.0 Å². The van der Waals surface area contributed by atoms with Crippen LogP contribution in [-0.4, -0.2) is 16.2 Å². The molecule has 3 nitrogen and oxygen atoms in total. The molecule has 82 valence electrons. The number of phenols is 1. The van der Waals surface area contributed by atoms with E-state index in [0.29, 0.717) is 10.6 Å². The maximum Gasteiger partial charge on any atom is 0.309 e. The zero-order valence-electron chi connectivity index (χ0n) is 8.62. The highest BCUT2D eigenvalue weighted by Gasteiger charge is 2.28. The van der Waals surface area contributed by atoms with Crippen molar-refractivity contribution in [3.63, 3.8) is 0 Å². The molecule has 0 unspecified atom stereocenters. The number of aromatic hydroxyl groups is 1. The maximum absolute atomic E-state index is 10.9. The highest BCUT2D eigenvalue weighted by molar-refractivity contribution is 6.30. The van der Waals surface area contributed by atoms with Crippen LogP contribution < -0.4 is 0 Å². The largest absolute Gasteiger partial charge is 0.508 e. The standard InChI is InChI=1S/C11H13ClO3/c1-11(2,10(14)15)6-7-5-8(12)3-4-9(7)13/h3-5,13H,6H2,1-2H3,(H,14,15). The predicted octanol–water partition coefficient (Wildman–Crippen LogP) is 2.70. The summed E-state index contributed by atoms with van der Waals surface area (Å²) in [7, 11) is 0. The molecule has 1 rings (SSSR count). The van der Waals surface area contributed by atoms with Gasteiger partial charge < -0.3 is 10.2 Å². The summed E-state index contributed by atoms with van der Waals surface area (Å²) in [5.41, 5.74) is -0.364. The van der Waals surface area contributed by atoms with Crippen molar-refractivity contribution in [1.82, 2.24) is 0 Å². The van der Waals surface area contributed by atoms with Crippen LogP contribution in [0.5, 0.6) is 5.75 Å². The van der Waals surface area contributed by atoms with E-state index in [1.807, 2.05) is 0 Å². The summed E-state index contributed by atoms with van der Waals surface area (Å²) in [5, 5.41) is 19.0. The minimum atomic E-state index is -0.915. The number of rotatable bonds is 3. The molecule has 2 N–H and O–H groups in total. The van der Waals surface area contributed by atoms with Crippen LogP contribution in [0.3, 0.4) is 0 Å². The van der Waals surface area contributed by atoms with Gasteiger partial charge in [-0.05, 0) is 44.0 Å². The lowest BCUT2D eigenvalue weighted by Crippen LogP contribution is -2.26. The van der Waals surface area contributed by atoms with Crippen LogP contribution in [0.1, 0.15) is 19.4 Å². The summed E-state index contributed by atoms with van der Waals surface area (Å²) in [6, 6.07) is 4.62.